The molecule has 1 saturated heterocycles. The molecule has 98 valence electrons. The first kappa shape index (κ1) is 12.0. The molecule has 0 aliphatic carbocycles. The number of amides is 1. The summed E-state index contributed by atoms with van der Waals surface area (Å²) >= 11 is 0. The van der Waals surface area contributed by atoms with E-state index < -0.39 is 0 Å². The van der Waals surface area contributed by atoms with Crippen LogP contribution in [0, 0.1) is 0 Å². The maximum Gasteiger partial charge on any atom is 0.222 e. The molecule has 4 heteroatoms. The number of aldehydes is 1. The molecule has 2 heterocycles. The Hall–Kier alpha value is -2.10. The largest absolute Gasteiger partial charge is 0.346 e. The van der Waals surface area contributed by atoms with Gasteiger partial charge in [-0.05, 0) is 18.6 Å². The number of fused-ring (bicyclic) bond motifs is 1. The molecule has 1 aliphatic rings. The van der Waals surface area contributed by atoms with Crippen molar-refractivity contribution in [2.45, 2.75) is 19.4 Å². The molecule has 4 nitrogen and oxygen atoms in total. The summed E-state index contributed by atoms with van der Waals surface area (Å²) < 4.78 is 2.11. The first-order chi connectivity index (χ1) is 9.29. The van der Waals surface area contributed by atoms with Gasteiger partial charge in [0.05, 0.1) is 0 Å². The maximum absolute atomic E-state index is 11.6. The molecule has 0 spiro atoms. The van der Waals surface area contributed by atoms with Gasteiger partial charge in [-0.3, -0.25) is 9.59 Å². The highest BCUT2D eigenvalue weighted by molar-refractivity contribution is 5.97. The lowest BCUT2D eigenvalue weighted by Gasteiger charge is -2.16. The Morgan fingerprint density at radius 1 is 1.21 bits per heavy atom. The topological polar surface area (TPSA) is 42.3 Å². The van der Waals surface area contributed by atoms with Crippen LogP contribution in [0.25, 0.3) is 10.9 Å². The van der Waals surface area contributed by atoms with Gasteiger partial charge in [0.25, 0.3) is 0 Å². The van der Waals surface area contributed by atoms with Crippen LogP contribution in [0.4, 0.5) is 0 Å². The van der Waals surface area contributed by atoms with Crippen LogP contribution >= 0.6 is 0 Å². The molecular formula is C15H16N2O2. The van der Waals surface area contributed by atoms with Crippen molar-refractivity contribution in [2.24, 2.45) is 0 Å². The van der Waals surface area contributed by atoms with Crippen LogP contribution in [0.5, 0.6) is 0 Å². The highest BCUT2D eigenvalue weighted by atomic mass is 16.2. The van der Waals surface area contributed by atoms with Crippen LogP contribution in [0.15, 0.2) is 30.5 Å². The summed E-state index contributed by atoms with van der Waals surface area (Å²) in [6.07, 6.45) is 4.52. The number of hydrogen-bond acceptors (Lipinski definition) is 2. The number of benzene rings is 1. The first-order valence-electron chi connectivity index (χ1n) is 6.60. The second kappa shape index (κ2) is 4.88. The first-order valence-corrected chi connectivity index (χ1v) is 6.60. The van der Waals surface area contributed by atoms with E-state index in [4.69, 9.17) is 0 Å². The predicted octanol–water partition coefficient (Wildman–Crippen LogP) is 2.08. The Morgan fingerprint density at radius 2 is 2.11 bits per heavy atom. The maximum atomic E-state index is 11.6. The van der Waals surface area contributed by atoms with Crippen LogP contribution < -0.4 is 0 Å². The van der Waals surface area contributed by atoms with E-state index in [-0.39, 0.29) is 5.91 Å². The van der Waals surface area contributed by atoms with E-state index in [0.717, 1.165) is 43.2 Å². The van der Waals surface area contributed by atoms with Crippen molar-refractivity contribution in [3.8, 4) is 0 Å². The minimum atomic E-state index is 0.255. The fourth-order valence-corrected chi connectivity index (χ4v) is 2.71. The Morgan fingerprint density at radius 3 is 2.84 bits per heavy atom. The summed E-state index contributed by atoms with van der Waals surface area (Å²) in [5.74, 6) is 0.255. The number of nitrogens with zero attached hydrogens (tertiary/aromatic N) is 2. The van der Waals surface area contributed by atoms with Crippen molar-refractivity contribution in [2.75, 3.05) is 13.1 Å². The molecule has 1 aromatic carbocycles. The number of carbonyl (C=O) groups is 2. The van der Waals surface area contributed by atoms with Crippen molar-refractivity contribution in [1.29, 1.82) is 0 Å². The van der Waals surface area contributed by atoms with Crippen LogP contribution in [0.1, 0.15) is 23.2 Å². The third kappa shape index (κ3) is 2.14. The monoisotopic (exact) mass is 256 g/mol. The molecule has 0 saturated carbocycles. The summed E-state index contributed by atoms with van der Waals surface area (Å²) in [5.41, 5.74) is 1.77. The number of aromatic nitrogens is 1. The van der Waals surface area contributed by atoms with Crippen molar-refractivity contribution in [3.63, 3.8) is 0 Å². The van der Waals surface area contributed by atoms with E-state index in [1.54, 1.807) is 0 Å². The number of hydrogen-bond donors (Lipinski definition) is 0. The van der Waals surface area contributed by atoms with Gasteiger partial charge >= 0.3 is 0 Å². The second-order valence-corrected chi connectivity index (χ2v) is 4.89. The van der Waals surface area contributed by atoms with Gasteiger partial charge in [0.1, 0.15) is 0 Å². The van der Waals surface area contributed by atoms with E-state index >= 15 is 0 Å². The Bertz CT molecular complexity index is 630. The zero-order chi connectivity index (χ0) is 13.2. The molecule has 1 fully saturated rings. The van der Waals surface area contributed by atoms with Gasteiger partial charge in [0.15, 0.2) is 6.29 Å². The van der Waals surface area contributed by atoms with Crippen LogP contribution in [0.3, 0.4) is 0 Å². The Balaban J connectivity index is 1.81. The molecule has 0 bridgehead atoms. The van der Waals surface area contributed by atoms with Gasteiger partial charge < -0.3 is 9.47 Å². The fourth-order valence-electron chi connectivity index (χ4n) is 2.71. The van der Waals surface area contributed by atoms with Gasteiger partial charge in [0.2, 0.25) is 5.91 Å². The minimum absolute atomic E-state index is 0.255. The van der Waals surface area contributed by atoms with Crippen molar-refractivity contribution < 1.29 is 9.59 Å². The second-order valence-electron chi connectivity index (χ2n) is 4.89. The normalized spacial score (nSPS) is 15.4. The number of likely N-dealkylation sites (tertiary alicyclic amines) is 1. The van der Waals surface area contributed by atoms with E-state index in [1.165, 1.54) is 0 Å². The zero-order valence-corrected chi connectivity index (χ0v) is 10.7. The SMILES string of the molecule is O=Cc1cccc2c1ccn2CCN1CCCC1=O. The average molecular weight is 256 g/mol. The molecule has 19 heavy (non-hydrogen) atoms. The summed E-state index contributed by atoms with van der Waals surface area (Å²) in [4.78, 5) is 24.5. The van der Waals surface area contributed by atoms with Gasteiger partial charge in [0, 0.05) is 48.7 Å². The van der Waals surface area contributed by atoms with Crippen LogP contribution in [-0.2, 0) is 11.3 Å². The third-order valence-electron chi connectivity index (χ3n) is 3.76. The Labute approximate surface area is 111 Å². The van der Waals surface area contributed by atoms with Crippen LogP contribution in [-0.4, -0.2) is 34.7 Å². The Kier molecular flexibility index (Phi) is 3.07. The molecular weight excluding hydrogens is 240 g/mol. The van der Waals surface area contributed by atoms with Gasteiger partial charge in [-0.2, -0.15) is 0 Å². The van der Waals surface area contributed by atoms with Crippen molar-refractivity contribution >= 4 is 23.1 Å². The smallest absolute Gasteiger partial charge is 0.222 e. The van der Waals surface area contributed by atoms with Gasteiger partial charge in [-0.1, -0.05) is 12.1 Å². The van der Waals surface area contributed by atoms with Gasteiger partial charge in [-0.25, -0.2) is 0 Å². The molecule has 0 N–H and O–H groups in total. The zero-order valence-electron chi connectivity index (χ0n) is 10.7. The summed E-state index contributed by atoms with van der Waals surface area (Å²) in [5, 5.41) is 0.977. The molecule has 0 atom stereocenters. The lowest BCUT2D eigenvalue weighted by molar-refractivity contribution is -0.127. The van der Waals surface area contributed by atoms with E-state index in [9.17, 15) is 9.59 Å². The van der Waals surface area contributed by atoms with Crippen LogP contribution in [0.2, 0.25) is 0 Å². The van der Waals surface area contributed by atoms with E-state index in [2.05, 4.69) is 4.57 Å². The average Bonchev–Trinajstić information content (AvgIpc) is 3.02. The summed E-state index contributed by atoms with van der Waals surface area (Å²) in [6.45, 7) is 2.39. The molecule has 2 aromatic rings. The van der Waals surface area contributed by atoms with Gasteiger partial charge in [-0.15, -0.1) is 0 Å². The van der Waals surface area contributed by atoms with Crippen molar-refractivity contribution in [1.82, 2.24) is 9.47 Å². The summed E-state index contributed by atoms with van der Waals surface area (Å²) in [7, 11) is 0. The fraction of sp³-hybridized carbons (Fsp3) is 0.333. The van der Waals surface area contributed by atoms with E-state index in [0.29, 0.717) is 12.0 Å². The highest BCUT2D eigenvalue weighted by Gasteiger charge is 2.19. The quantitative estimate of drug-likeness (QED) is 0.786. The lowest BCUT2D eigenvalue weighted by Crippen LogP contribution is -2.28. The van der Waals surface area contributed by atoms with Crippen molar-refractivity contribution in [3.05, 3.63) is 36.0 Å². The number of rotatable bonds is 4. The molecule has 0 radical (unpaired) electrons. The predicted molar refractivity (Wildman–Crippen MR) is 73.1 cm³/mol. The minimum Gasteiger partial charge on any atom is -0.346 e. The third-order valence-corrected chi connectivity index (χ3v) is 3.76. The lowest BCUT2D eigenvalue weighted by atomic mass is 10.1. The molecule has 0 unspecified atom stereocenters. The number of carbonyl (C=O) groups excluding carboxylic acids is 2. The standard InChI is InChI=1S/C15H16N2O2/c18-11-12-3-1-4-14-13(12)6-8-16(14)9-10-17-7-2-5-15(17)19/h1,3-4,6,8,11H,2,5,7,9-10H2. The molecule has 3 rings (SSSR count). The van der Waals surface area contributed by atoms with E-state index in [1.807, 2.05) is 35.4 Å². The molecule has 1 amide bonds. The molecule has 1 aromatic heterocycles. The summed E-state index contributed by atoms with van der Waals surface area (Å²) in [6, 6.07) is 7.69. The highest BCUT2D eigenvalue weighted by Crippen LogP contribution is 2.19. The molecule has 1 aliphatic heterocycles.